The van der Waals surface area contributed by atoms with E-state index in [1.165, 1.54) is 19.3 Å². The molecule has 3 atom stereocenters. The predicted octanol–water partition coefficient (Wildman–Crippen LogP) is 2.96. The Hall–Kier alpha value is -0.790. The van der Waals surface area contributed by atoms with Gasteiger partial charge in [-0.3, -0.25) is 4.68 Å². The first-order chi connectivity index (χ1) is 7.18. The fraction of sp³-hybridized carbons (Fsp3) is 0.769. The normalized spacial score (nSPS) is 37.3. The van der Waals surface area contributed by atoms with E-state index in [9.17, 15) is 0 Å². The van der Waals surface area contributed by atoms with Crippen molar-refractivity contribution in [3.05, 3.63) is 18.5 Å². The molecule has 1 aromatic rings. The van der Waals surface area contributed by atoms with E-state index in [0.29, 0.717) is 5.41 Å². The first-order valence-electron chi connectivity index (χ1n) is 6.15. The van der Waals surface area contributed by atoms with E-state index in [1.807, 2.05) is 12.3 Å². The summed E-state index contributed by atoms with van der Waals surface area (Å²) < 4.78 is 2.11. The molecular formula is C13H20N2. The summed E-state index contributed by atoms with van der Waals surface area (Å²) in [5.74, 6) is 2.82. The Morgan fingerprint density at radius 1 is 1.40 bits per heavy atom. The summed E-state index contributed by atoms with van der Waals surface area (Å²) in [5.41, 5.74) is 0.607. The third kappa shape index (κ3) is 1.34. The third-order valence-corrected chi connectivity index (χ3v) is 4.98. The van der Waals surface area contributed by atoms with Crippen LogP contribution in [-0.4, -0.2) is 9.78 Å². The molecule has 1 aromatic heterocycles. The first kappa shape index (κ1) is 9.44. The van der Waals surface area contributed by atoms with Gasteiger partial charge in [-0.1, -0.05) is 13.8 Å². The second-order valence-corrected chi connectivity index (χ2v) is 5.93. The smallest absolute Gasteiger partial charge is 0.0489 e. The van der Waals surface area contributed by atoms with Crippen LogP contribution in [0.25, 0.3) is 0 Å². The lowest BCUT2D eigenvalue weighted by Gasteiger charge is -2.60. The quantitative estimate of drug-likeness (QED) is 0.724. The zero-order valence-electron chi connectivity index (χ0n) is 9.69. The van der Waals surface area contributed by atoms with Gasteiger partial charge in [0.15, 0.2) is 0 Å². The third-order valence-electron chi connectivity index (χ3n) is 4.98. The standard InChI is InChI=1S/C13H20N2/c1-13(2)11-5-4-10(12(13)8-11)9-15-7-3-6-14-15/h3,6-7,10-12H,4-5,8-9H2,1-2H3/t10-,11+,12-/m0/s1. The molecule has 0 aromatic carbocycles. The largest absolute Gasteiger partial charge is 0.272 e. The highest BCUT2D eigenvalue weighted by molar-refractivity contribution is 5.03. The summed E-state index contributed by atoms with van der Waals surface area (Å²) in [4.78, 5) is 0. The number of nitrogens with zero attached hydrogens (tertiary/aromatic N) is 2. The van der Waals surface area contributed by atoms with Crippen LogP contribution in [0.15, 0.2) is 18.5 Å². The molecule has 82 valence electrons. The molecule has 3 aliphatic rings. The Kier molecular flexibility index (Phi) is 1.95. The molecule has 1 heterocycles. The summed E-state index contributed by atoms with van der Waals surface area (Å²) in [6, 6.07) is 2.03. The van der Waals surface area contributed by atoms with Gasteiger partial charge in [-0.05, 0) is 48.5 Å². The minimum absolute atomic E-state index is 0.607. The molecule has 0 radical (unpaired) electrons. The Morgan fingerprint density at radius 2 is 2.27 bits per heavy atom. The molecule has 0 N–H and O–H groups in total. The molecule has 2 nitrogen and oxygen atoms in total. The van der Waals surface area contributed by atoms with Crippen LogP contribution in [0.3, 0.4) is 0 Å². The van der Waals surface area contributed by atoms with Crippen LogP contribution in [0.4, 0.5) is 0 Å². The number of fused-ring (bicyclic) bond motifs is 2. The maximum Gasteiger partial charge on any atom is 0.0489 e. The van der Waals surface area contributed by atoms with Crippen molar-refractivity contribution in [3.63, 3.8) is 0 Å². The van der Waals surface area contributed by atoms with Gasteiger partial charge in [0.2, 0.25) is 0 Å². The number of aromatic nitrogens is 2. The van der Waals surface area contributed by atoms with Crippen molar-refractivity contribution in [2.24, 2.45) is 23.2 Å². The summed E-state index contributed by atoms with van der Waals surface area (Å²) in [6.45, 7) is 6.05. The van der Waals surface area contributed by atoms with E-state index in [1.54, 1.807) is 0 Å². The van der Waals surface area contributed by atoms with E-state index in [0.717, 1.165) is 24.3 Å². The van der Waals surface area contributed by atoms with Crippen molar-refractivity contribution in [2.75, 3.05) is 0 Å². The Bertz CT molecular complexity index is 337. The second kappa shape index (κ2) is 3.10. The van der Waals surface area contributed by atoms with Gasteiger partial charge in [0.05, 0.1) is 0 Å². The van der Waals surface area contributed by atoms with Crippen molar-refractivity contribution >= 4 is 0 Å². The molecule has 3 aliphatic carbocycles. The molecule has 2 bridgehead atoms. The summed E-state index contributed by atoms with van der Waals surface area (Å²) >= 11 is 0. The molecular weight excluding hydrogens is 184 g/mol. The minimum atomic E-state index is 0.607. The predicted molar refractivity (Wildman–Crippen MR) is 60.3 cm³/mol. The average molecular weight is 204 g/mol. The molecule has 2 heteroatoms. The molecule has 0 aliphatic heterocycles. The fourth-order valence-corrected chi connectivity index (χ4v) is 3.83. The highest BCUT2D eigenvalue weighted by Crippen LogP contribution is 2.61. The molecule has 3 fully saturated rings. The average Bonchev–Trinajstić information content (AvgIpc) is 2.70. The summed E-state index contributed by atoms with van der Waals surface area (Å²) in [6.07, 6.45) is 8.31. The van der Waals surface area contributed by atoms with Crippen LogP contribution >= 0.6 is 0 Å². The molecule has 15 heavy (non-hydrogen) atoms. The Labute approximate surface area is 91.7 Å². The molecule has 0 saturated heterocycles. The monoisotopic (exact) mass is 204 g/mol. The first-order valence-corrected chi connectivity index (χ1v) is 6.15. The van der Waals surface area contributed by atoms with Gasteiger partial charge >= 0.3 is 0 Å². The Morgan fingerprint density at radius 3 is 2.87 bits per heavy atom. The molecule has 3 saturated carbocycles. The highest BCUT2D eigenvalue weighted by Gasteiger charge is 2.53. The van der Waals surface area contributed by atoms with Gasteiger partial charge in [-0.15, -0.1) is 0 Å². The number of rotatable bonds is 2. The molecule has 0 spiro atoms. The van der Waals surface area contributed by atoms with Crippen LogP contribution in [0.2, 0.25) is 0 Å². The van der Waals surface area contributed by atoms with E-state index in [-0.39, 0.29) is 0 Å². The lowest BCUT2D eigenvalue weighted by atomic mass is 9.45. The fourth-order valence-electron chi connectivity index (χ4n) is 3.83. The highest BCUT2D eigenvalue weighted by atomic mass is 15.3. The van der Waals surface area contributed by atoms with Crippen molar-refractivity contribution < 1.29 is 0 Å². The van der Waals surface area contributed by atoms with Crippen molar-refractivity contribution in [1.82, 2.24) is 9.78 Å². The van der Waals surface area contributed by atoms with E-state index in [4.69, 9.17) is 0 Å². The van der Waals surface area contributed by atoms with Crippen LogP contribution in [0.5, 0.6) is 0 Å². The van der Waals surface area contributed by atoms with Crippen LogP contribution in [0.1, 0.15) is 33.1 Å². The summed E-state index contributed by atoms with van der Waals surface area (Å²) in [7, 11) is 0. The minimum Gasteiger partial charge on any atom is -0.272 e. The van der Waals surface area contributed by atoms with Gasteiger partial charge in [-0.2, -0.15) is 5.10 Å². The van der Waals surface area contributed by atoms with E-state index < -0.39 is 0 Å². The van der Waals surface area contributed by atoms with Crippen molar-refractivity contribution in [1.29, 1.82) is 0 Å². The van der Waals surface area contributed by atoms with E-state index in [2.05, 4.69) is 29.8 Å². The second-order valence-electron chi connectivity index (χ2n) is 5.93. The number of hydrogen-bond donors (Lipinski definition) is 0. The molecule has 0 unspecified atom stereocenters. The van der Waals surface area contributed by atoms with Gasteiger partial charge in [-0.25, -0.2) is 0 Å². The molecule has 4 rings (SSSR count). The lowest BCUT2D eigenvalue weighted by Crippen LogP contribution is -2.53. The zero-order chi connectivity index (χ0) is 10.5. The zero-order valence-corrected chi connectivity index (χ0v) is 9.69. The topological polar surface area (TPSA) is 17.8 Å². The van der Waals surface area contributed by atoms with Crippen molar-refractivity contribution in [3.8, 4) is 0 Å². The van der Waals surface area contributed by atoms with Gasteiger partial charge in [0, 0.05) is 18.9 Å². The van der Waals surface area contributed by atoms with Gasteiger partial charge < -0.3 is 0 Å². The van der Waals surface area contributed by atoms with Gasteiger partial charge in [0.1, 0.15) is 0 Å². The van der Waals surface area contributed by atoms with Crippen LogP contribution < -0.4 is 0 Å². The van der Waals surface area contributed by atoms with Crippen LogP contribution in [-0.2, 0) is 6.54 Å². The van der Waals surface area contributed by atoms with Crippen molar-refractivity contribution in [2.45, 2.75) is 39.7 Å². The van der Waals surface area contributed by atoms with E-state index >= 15 is 0 Å². The lowest BCUT2D eigenvalue weighted by molar-refractivity contribution is -0.109. The number of hydrogen-bond acceptors (Lipinski definition) is 1. The molecule has 0 amide bonds. The Balaban J connectivity index is 1.72. The van der Waals surface area contributed by atoms with Crippen LogP contribution in [0, 0.1) is 23.2 Å². The maximum absolute atomic E-state index is 4.33. The maximum atomic E-state index is 4.33. The summed E-state index contributed by atoms with van der Waals surface area (Å²) in [5, 5.41) is 4.33. The SMILES string of the molecule is CC1(C)[C@@H]2CC[C@@H](Cn3cccn3)[C@@H]1C2. The van der Waals surface area contributed by atoms with Gasteiger partial charge in [0.25, 0.3) is 0 Å².